The molecular weight excluding hydrogens is 460 g/mol. The fourth-order valence-corrected chi connectivity index (χ4v) is 5.00. The number of fused-ring (bicyclic) bond motifs is 2. The van der Waals surface area contributed by atoms with Gasteiger partial charge >= 0.3 is 5.97 Å². The number of thiazole rings is 1. The molecule has 0 aliphatic carbocycles. The van der Waals surface area contributed by atoms with Crippen molar-refractivity contribution in [3.05, 3.63) is 95.5 Å². The normalized spacial score (nSPS) is 10.9. The average Bonchev–Trinajstić information content (AvgIpc) is 3.34. The standard InChI is InChI=1S/C28H22N2O4S/c1-18(31)30(24-13-7-8-14-25(24)33-2)28-29-21(17-35-28)16-34-27(32)26-22-11-5-3-9-19(22)15-20-10-4-6-12-23(20)26/h3-15,17H,16H2,1-2H3. The van der Waals surface area contributed by atoms with Crippen molar-refractivity contribution in [3.63, 3.8) is 0 Å². The Kier molecular flexibility index (Phi) is 6.16. The van der Waals surface area contributed by atoms with Crippen molar-refractivity contribution in [2.24, 2.45) is 0 Å². The van der Waals surface area contributed by atoms with Crippen LogP contribution in [0, 0.1) is 0 Å². The van der Waals surface area contributed by atoms with Crippen LogP contribution in [0.3, 0.4) is 0 Å². The van der Waals surface area contributed by atoms with Crippen LogP contribution in [0.2, 0.25) is 0 Å². The highest BCUT2D eigenvalue weighted by Gasteiger charge is 2.22. The summed E-state index contributed by atoms with van der Waals surface area (Å²) in [7, 11) is 1.56. The zero-order valence-electron chi connectivity index (χ0n) is 19.2. The quantitative estimate of drug-likeness (QED) is 0.204. The first kappa shape index (κ1) is 22.6. The lowest BCUT2D eigenvalue weighted by molar-refractivity contribution is -0.115. The smallest absolute Gasteiger partial charge is 0.339 e. The van der Waals surface area contributed by atoms with E-state index in [9.17, 15) is 9.59 Å². The van der Waals surface area contributed by atoms with E-state index in [4.69, 9.17) is 9.47 Å². The maximum atomic E-state index is 13.3. The van der Waals surface area contributed by atoms with Crippen molar-refractivity contribution in [2.45, 2.75) is 13.5 Å². The van der Waals surface area contributed by atoms with Gasteiger partial charge in [-0.05, 0) is 39.7 Å². The molecule has 0 fully saturated rings. The van der Waals surface area contributed by atoms with Crippen LogP contribution in [0.25, 0.3) is 21.5 Å². The third-order valence-corrected chi connectivity index (χ3v) is 6.57. The zero-order chi connectivity index (χ0) is 24.4. The molecule has 0 N–H and O–H groups in total. The summed E-state index contributed by atoms with van der Waals surface area (Å²) in [5.41, 5.74) is 1.69. The maximum Gasteiger partial charge on any atom is 0.339 e. The van der Waals surface area contributed by atoms with Crippen LogP contribution in [-0.2, 0) is 16.1 Å². The summed E-state index contributed by atoms with van der Waals surface area (Å²) in [6, 6.07) is 24.9. The number of para-hydroxylation sites is 2. The fraction of sp³-hybridized carbons (Fsp3) is 0.107. The molecule has 0 unspecified atom stereocenters. The van der Waals surface area contributed by atoms with E-state index in [-0.39, 0.29) is 12.5 Å². The van der Waals surface area contributed by atoms with Crippen LogP contribution in [0.5, 0.6) is 5.75 Å². The molecule has 0 bridgehead atoms. The number of benzene rings is 4. The van der Waals surface area contributed by atoms with E-state index in [0.717, 1.165) is 21.5 Å². The highest BCUT2D eigenvalue weighted by Crippen LogP contribution is 2.35. The van der Waals surface area contributed by atoms with Crippen LogP contribution in [0.1, 0.15) is 23.0 Å². The molecule has 0 atom stereocenters. The van der Waals surface area contributed by atoms with Crippen LogP contribution in [-0.4, -0.2) is 24.0 Å². The molecular formula is C28H22N2O4S. The van der Waals surface area contributed by atoms with Gasteiger partial charge in [-0.3, -0.25) is 9.69 Å². The van der Waals surface area contributed by atoms with Crippen molar-refractivity contribution < 1.29 is 19.1 Å². The van der Waals surface area contributed by atoms with Crippen molar-refractivity contribution in [1.82, 2.24) is 4.98 Å². The Hall–Kier alpha value is -4.23. The van der Waals surface area contributed by atoms with Gasteiger partial charge in [-0.1, -0.05) is 60.7 Å². The molecule has 1 amide bonds. The zero-order valence-corrected chi connectivity index (χ0v) is 20.0. The van der Waals surface area contributed by atoms with Gasteiger partial charge in [-0.25, -0.2) is 9.78 Å². The minimum Gasteiger partial charge on any atom is -0.495 e. The second-order valence-corrected chi connectivity index (χ2v) is 8.75. The number of rotatable bonds is 6. The number of anilines is 2. The molecule has 6 nitrogen and oxygen atoms in total. The Morgan fingerprint density at radius 1 is 0.914 bits per heavy atom. The summed E-state index contributed by atoms with van der Waals surface area (Å²) in [5.74, 6) is -0.0518. The lowest BCUT2D eigenvalue weighted by Crippen LogP contribution is -2.23. The molecule has 174 valence electrons. The Morgan fingerprint density at radius 2 is 1.54 bits per heavy atom. The van der Waals surface area contributed by atoms with E-state index < -0.39 is 5.97 Å². The van der Waals surface area contributed by atoms with Gasteiger partial charge in [-0.2, -0.15) is 0 Å². The summed E-state index contributed by atoms with van der Waals surface area (Å²) in [6.45, 7) is 1.46. The molecule has 7 heteroatoms. The second-order valence-electron chi connectivity index (χ2n) is 7.92. The highest BCUT2D eigenvalue weighted by atomic mass is 32.1. The van der Waals surface area contributed by atoms with E-state index in [0.29, 0.717) is 27.8 Å². The third kappa shape index (κ3) is 4.34. The molecule has 0 spiro atoms. The van der Waals surface area contributed by atoms with Crippen LogP contribution >= 0.6 is 11.3 Å². The molecule has 0 radical (unpaired) electrons. The third-order valence-electron chi connectivity index (χ3n) is 5.70. The van der Waals surface area contributed by atoms with Gasteiger partial charge in [0.1, 0.15) is 12.4 Å². The van der Waals surface area contributed by atoms with Crippen molar-refractivity contribution in [2.75, 3.05) is 12.0 Å². The Morgan fingerprint density at radius 3 is 2.20 bits per heavy atom. The predicted molar refractivity (Wildman–Crippen MR) is 139 cm³/mol. The number of esters is 1. The topological polar surface area (TPSA) is 68.7 Å². The number of hydrogen-bond donors (Lipinski definition) is 0. The van der Waals surface area contributed by atoms with E-state index in [1.807, 2.05) is 60.7 Å². The van der Waals surface area contributed by atoms with E-state index >= 15 is 0 Å². The predicted octanol–water partition coefficient (Wildman–Crippen LogP) is 6.50. The number of nitrogens with zero attached hydrogens (tertiary/aromatic N) is 2. The molecule has 1 aromatic heterocycles. The number of amides is 1. The molecule has 5 aromatic rings. The molecule has 0 aliphatic heterocycles. The molecule has 1 heterocycles. The van der Waals surface area contributed by atoms with E-state index in [1.54, 1.807) is 24.6 Å². The summed E-state index contributed by atoms with van der Waals surface area (Å²) in [5, 5.41) is 5.90. The van der Waals surface area contributed by atoms with Crippen molar-refractivity contribution >= 4 is 55.6 Å². The average molecular weight is 483 g/mol. The van der Waals surface area contributed by atoms with Crippen LogP contribution in [0.15, 0.2) is 84.2 Å². The SMILES string of the molecule is COc1ccccc1N(C(C)=O)c1nc(COC(=O)c2c3ccccc3cc3ccccc23)cs1. The number of methoxy groups -OCH3 is 1. The van der Waals surface area contributed by atoms with Gasteiger partial charge < -0.3 is 9.47 Å². The van der Waals surface area contributed by atoms with Gasteiger partial charge in [-0.15, -0.1) is 11.3 Å². The van der Waals surface area contributed by atoms with Gasteiger partial charge in [0, 0.05) is 12.3 Å². The molecule has 0 saturated heterocycles. The molecule has 4 aromatic carbocycles. The minimum atomic E-state index is -0.416. The first-order chi connectivity index (χ1) is 17.1. The summed E-state index contributed by atoms with van der Waals surface area (Å²) < 4.78 is 11.1. The monoisotopic (exact) mass is 482 g/mol. The minimum absolute atomic E-state index is 0.00937. The molecule has 0 aliphatic rings. The Labute approximate surface area is 206 Å². The number of carbonyl (C=O) groups excluding carboxylic acids is 2. The van der Waals surface area contributed by atoms with Gasteiger partial charge in [0.05, 0.1) is 24.1 Å². The number of hydrogen-bond acceptors (Lipinski definition) is 6. The van der Waals surface area contributed by atoms with Crippen molar-refractivity contribution in [1.29, 1.82) is 0 Å². The summed E-state index contributed by atoms with van der Waals surface area (Å²) in [6.07, 6.45) is 0. The van der Waals surface area contributed by atoms with Gasteiger partial charge in [0.25, 0.3) is 0 Å². The summed E-state index contributed by atoms with van der Waals surface area (Å²) in [4.78, 5) is 31.8. The van der Waals surface area contributed by atoms with Crippen LogP contribution in [0.4, 0.5) is 10.8 Å². The lowest BCUT2D eigenvalue weighted by atomic mass is 9.97. The van der Waals surface area contributed by atoms with Crippen molar-refractivity contribution in [3.8, 4) is 5.75 Å². The second kappa shape index (κ2) is 9.56. The maximum absolute atomic E-state index is 13.3. The first-order valence-electron chi connectivity index (χ1n) is 11.0. The van der Waals surface area contributed by atoms with Gasteiger partial charge in [0.15, 0.2) is 5.13 Å². The first-order valence-corrected chi connectivity index (χ1v) is 11.9. The largest absolute Gasteiger partial charge is 0.495 e. The molecule has 35 heavy (non-hydrogen) atoms. The summed E-state index contributed by atoms with van der Waals surface area (Å²) >= 11 is 1.30. The molecule has 0 saturated carbocycles. The highest BCUT2D eigenvalue weighted by molar-refractivity contribution is 7.14. The lowest BCUT2D eigenvalue weighted by Gasteiger charge is -2.20. The number of aromatic nitrogens is 1. The fourth-order valence-electron chi connectivity index (χ4n) is 4.13. The Bertz CT molecular complexity index is 1510. The number of ether oxygens (including phenoxy) is 2. The van der Waals surface area contributed by atoms with E-state index in [2.05, 4.69) is 11.1 Å². The van der Waals surface area contributed by atoms with E-state index in [1.165, 1.54) is 23.2 Å². The number of carbonyl (C=O) groups is 2. The van der Waals surface area contributed by atoms with Crippen LogP contribution < -0.4 is 9.64 Å². The van der Waals surface area contributed by atoms with Gasteiger partial charge in [0.2, 0.25) is 5.91 Å². The Balaban J connectivity index is 1.43. The molecule has 5 rings (SSSR count).